The first-order valence-corrected chi connectivity index (χ1v) is 16.5. The maximum absolute atomic E-state index is 15.0. The molecule has 0 aliphatic carbocycles. The van der Waals surface area contributed by atoms with E-state index in [0.29, 0.717) is 26.1 Å². The van der Waals surface area contributed by atoms with E-state index in [1.807, 2.05) is 84.3 Å². The Morgan fingerprint density at radius 3 is 2.23 bits per heavy atom. The third kappa shape index (κ3) is 4.81. The van der Waals surface area contributed by atoms with Gasteiger partial charge >= 0.3 is 0 Å². The van der Waals surface area contributed by atoms with E-state index in [2.05, 4.69) is 32.9 Å². The lowest BCUT2D eigenvalue weighted by atomic mass is 9.74. The second kappa shape index (κ2) is 11.5. The fourth-order valence-corrected chi connectivity index (χ4v) is 10.2. The van der Waals surface area contributed by atoms with E-state index in [0.717, 1.165) is 22.4 Å². The molecule has 6 rings (SSSR count). The minimum Gasteiger partial charge on any atom is -0.394 e. The van der Waals surface area contributed by atoms with Crippen LogP contribution in [0.3, 0.4) is 0 Å². The van der Waals surface area contributed by atoms with Crippen molar-refractivity contribution < 1.29 is 19.5 Å². The van der Waals surface area contributed by atoms with E-state index in [4.69, 9.17) is 0 Å². The van der Waals surface area contributed by atoms with Gasteiger partial charge in [-0.25, -0.2) is 0 Å². The van der Waals surface area contributed by atoms with Crippen LogP contribution in [0.4, 0.5) is 5.69 Å². The number of para-hydroxylation sites is 1. The summed E-state index contributed by atoms with van der Waals surface area (Å²) in [6.45, 7) is 11.2. The predicted octanol–water partition coefficient (Wildman–Crippen LogP) is 4.90. The van der Waals surface area contributed by atoms with Gasteiger partial charge in [0, 0.05) is 30.1 Å². The summed E-state index contributed by atoms with van der Waals surface area (Å²) < 4.78 is -1.64. The van der Waals surface area contributed by atoms with Gasteiger partial charge in [0.2, 0.25) is 11.8 Å². The van der Waals surface area contributed by atoms with Gasteiger partial charge in [-0.05, 0) is 49.8 Å². The van der Waals surface area contributed by atoms with Crippen LogP contribution < -0.4 is 4.90 Å². The van der Waals surface area contributed by atoms with Crippen molar-refractivity contribution in [2.45, 2.75) is 69.2 Å². The summed E-state index contributed by atoms with van der Waals surface area (Å²) in [4.78, 5) is 49.8. The fraction of sp³-hybridized carbons (Fsp3) is 0.472. The Morgan fingerprint density at radius 2 is 1.57 bits per heavy atom. The van der Waals surface area contributed by atoms with Crippen LogP contribution in [0, 0.1) is 31.6 Å². The third-order valence-electron chi connectivity index (χ3n) is 9.85. The number of hydrogen-bond acceptors (Lipinski definition) is 5. The summed E-state index contributed by atoms with van der Waals surface area (Å²) in [5, 5.41) is 10.7. The Balaban J connectivity index is 1.48. The number of hydrogen-bond donors (Lipinski definition) is 1. The van der Waals surface area contributed by atoms with Crippen LogP contribution in [0.1, 0.15) is 43.9 Å². The van der Waals surface area contributed by atoms with Crippen LogP contribution in [0.2, 0.25) is 0 Å². The maximum atomic E-state index is 15.0. The summed E-state index contributed by atoms with van der Waals surface area (Å²) >= 11 is 1.59. The molecule has 1 unspecified atom stereocenters. The molecule has 0 aromatic heterocycles. The number of aryl methyl sites for hydroxylation is 2. The van der Waals surface area contributed by atoms with E-state index in [9.17, 15) is 19.5 Å². The van der Waals surface area contributed by atoms with Crippen molar-refractivity contribution in [1.82, 2.24) is 9.80 Å². The Hall–Kier alpha value is -3.36. The third-order valence-corrected chi connectivity index (χ3v) is 11.6. The molecule has 44 heavy (non-hydrogen) atoms. The van der Waals surface area contributed by atoms with E-state index < -0.39 is 33.4 Å². The quantitative estimate of drug-likeness (QED) is 0.450. The highest BCUT2D eigenvalue weighted by Gasteiger charge is 2.74. The number of aliphatic hydroxyl groups is 1. The molecule has 4 heterocycles. The number of carbonyl (C=O) groups excluding carboxylic acids is 3. The lowest BCUT2D eigenvalue weighted by Gasteiger charge is -2.40. The lowest BCUT2D eigenvalue weighted by Crippen LogP contribution is -2.57. The largest absolute Gasteiger partial charge is 0.394 e. The van der Waals surface area contributed by atoms with Gasteiger partial charge in [-0.3, -0.25) is 14.4 Å². The summed E-state index contributed by atoms with van der Waals surface area (Å²) in [5.74, 6) is -1.63. The minimum atomic E-state index is -0.959. The van der Waals surface area contributed by atoms with Crippen molar-refractivity contribution in [3.63, 3.8) is 0 Å². The molecule has 0 saturated carbocycles. The second-order valence-corrected chi connectivity index (χ2v) is 15.2. The first-order chi connectivity index (χ1) is 21.0. The van der Waals surface area contributed by atoms with Crippen LogP contribution in [-0.4, -0.2) is 73.9 Å². The van der Waals surface area contributed by atoms with Crippen molar-refractivity contribution in [3.8, 4) is 0 Å². The fourth-order valence-electron chi connectivity index (χ4n) is 8.10. The van der Waals surface area contributed by atoms with Gasteiger partial charge in [0.05, 0.1) is 29.2 Å². The number of nitrogens with zero attached hydrogens (tertiary/aromatic N) is 3. The molecule has 7 nitrogen and oxygen atoms in total. The normalized spacial score (nSPS) is 30.4. The molecule has 0 radical (unpaired) electrons. The van der Waals surface area contributed by atoms with Crippen molar-refractivity contribution in [2.75, 3.05) is 24.6 Å². The number of carbonyl (C=O) groups is 3. The lowest BCUT2D eigenvalue weighted by molar-refractivity contribution is -0.145. The summed E-state index contributed by atoms with van der Waals surface area (Å²) in [5.41, 5.74) is 3.86. The predicted molar refractivity (Wildman–Crippen MR) is 175 cm³/mol. The molecule has 4 aliphatic heterocycles. The number of benzene rings is 2. The van der Waals surface area contributed by atoms with Crippen molar-refractivity contribution in [1.29, 1.82) is 0 Å². The molecule has 3 amide bonds. The summed E-state index contributed by atoms with van der Waals surface area (Å²) in [6.07, 6.45) is 8.77. The Kier molecular flexibility index (Phi) is 8.03. The molecule has 2 aromatic carbocycles. The highest BCUT2D eigenvalue weighted by Crippen LogP contribution is 2.66. The van der Waals surface area contributed by atoms with Crippen molar-refractivity contribution >= 4 is 35.2 Å². The Bertz CT molecular complexity index is 1500. The Labute approximate surface area is 265 Å². The molecule has 2 aromatic rings. The van der Waals surface area contributed by atoms with Crippen LogP contribution in [-0.2, 0) is 20.9 Å². The number of thioether (sulfide) groups is 1. The number of amides is 3. The molecule has 6 atom stereocenters. The number of anilines is 1. The molecule has 4 aliphatic rings. The second-order valence-electron chi connectivity index (χ2n) is 13.4. The molecule has 1 N–H and O–H groups in total. The maximum Gasteiger partial charge on any atom is 0.251 e. The molecule has 1 spiro atoms. The molecule has 232 valence electrons. The van der Waals surface area contributed by atoms with Gasteiger partial charge in [0.15, 0.2) is 0 Å². The van der Waals surface area contributed by atoms with Gasteiger partial charge in [0.1, 0.15) is 6.04 Å². The molecular formula is C36H43N3O4S. The topological polar surface area (TPSA) is 81.2 Å². The number of likely N-dealkylation sites (tertiary alicyclic amines) is 1. The van der Waals surface area contributed by atoms with Crippen LogP contribution in [0.5, 0.6) is 0 Å². The number of fused-ring (bicyclic) bond motifs is 2. The molecular weight excluding hydrogens is 570 g/mol. The zero-order chi connectivity index (χ0) is 31.4. The standard InChI is InChI=1S/C36H43N3O4S/c1-23(2)20-27(22-40)39-31-34(43)38(30-24(3)12-9-13-25(30)4)19-11-17-36(31)29(33(39)42)28-32(41)37(18-10-16-35(28,5)44-36)21-26-14-7-6-8-15-26/h6-17,23,27-29,31,40H,18-22H2,1-5H3/t27-,28+,29+,31?,35-,36+/m1/s1. The zero-order valence-corrected chi connectivity index (χ0v) is 27.1. The van der Waals surface area contributed by atoms with E-state index in [1.165, 1.54) is 0 Å². The van der Waals surface area contributed by atoms with E-state index in [1.54, 1.807) is 16.7 Å². The minimum absolute atomic E-state index is 0.0641. The number of rotatable bonds is 7. The van der Waals surface area contributed by atoms with Crippen LogP contribution >= 0.6 is 11.8 Å². The van der Waals surface area contributed by atoms with Gasteiger partial charge in [-0.15, -0.1) is 11.8 Å². The van der Waals surface area contributed by atoms with Crippen molar-refractivity contribution in [3.05, 3.63) is 89.5 Å². The zero-order valence-electron chi connectivity index (χ0n) is 26.3. The highest BCUT2D eigenvalue weighted by molar-refractivity contribution is 8.02. The summed E-state index contributed by atoms with van der Waals surface area (Å²) in [7, 11) is 0. The van der Waals surface area contributed by atoms with Crippen molar-refractivity contribution in [2.24, 2.45) is 17.8 Å². The van der Waals surface area contributed by atoms with Gasteiger partial charge in [0.25, 0.3) is 5.91 Å². The molecule has 2 fully saturated rings. The first-order valence-electron chi connectivity index (χ1n) is 15.7. The Morgan fingerprint density at radius 1 is 0.886 bits per heavy atom. The molecule has 2 saturated heterocycles. The average Bonchev–Trinajstić information content (AvgIpc) is 3.26. The van der Waals surface area contributed by atoms with Gasteiger partial charge in [-0.1, -0.05) is 86.7 Å². The van der Waals surface area contributed by atoms with E-state index in [-0.39, 0.29) is 30.2 Å². The van der Waals surface area contributed by atoms with Crippen LogP contribution in [0.25, 0.3) is 0 Å². The van der Waals surface area contributed by atoms with Gasteiger partial charge in [-0.2, -0.15) is 0 Å². The highest BCUT2D eigenvalue weighted by atomic mass is 32.2. The summed E-state index contributed by atoms with van der Waals surface area (Å²) in [6, 6.07) is 14.5. The van der Waals surface area contributed by atoms with Gasteiger partial charge < -0.3 is 19.8 Å². The first kappa shape index (κ1) is 30.7. The molecule has 0 bridgehead atoms. The smallest absolute Gasteiger partial charge is 0.251 e. The molecule has 8 heteroatoms. The number of aliphatic hydroxyl groups excluding tert-OH is 1. The SMILES string of the molecule is Cc1cccc(C)c1N1CC=C[C@]23S[C@]4(C)C=CCN(Cc5ccccc5)C(=O)[C@@H]4[C@H]2C(=O)N([C@@H](CO)CC(C)C)C3C1=O. The monoisotopic (exact) mass is 613 g/mol. The average molecular weight is 614 g/mol. The van der Waals surface area contributed by atoms with Crippen LogP contribution in [0.15, 0.2) is 72.8 Å². The van der Waals surface area contributed by atoms with E-state index >= 15 is 0 Å².